The second kappa shape index (κ2) is 20.7. The predicted octanol–water partition coefficient (Wildman–Crippen LogP) is 21.5. The van der Waals surface area contributed by atoms with E-state index < -0.39 is 0 Å². The standard InChI is InChI=1S/C78H54N4/c1-5-21-63(22-6-1)79(67-45-39-57(40-46-67)61-43-49-77-73(53-61)71-31-13-15-33-75(71)81(77)65-25-9-3-10-26-65)69-29-17-19-59(51-69)55-35-37-56(38-36-55)60-20-18-30-70(52-60)80(64-23-7-2-8-24-64)68-47-41-58(42-48-68)62-44-50-78-74(54-62)72-32-14-16-34-76(72)82(78)66-27-11-4-12-28-66/h1-54H. The van der Waals surface area contributed by atoms with Gasteiger partial charge in [0.15, 0.2) is 0 Å². The molecule has 0 fully saturated rings. The van der Waals surface area contributed by atoms with E-state index in [0.29, 0.717) is 0 Å². The molecule has 15 aromatic rings. The van der Waals surface area contributed by atoms with Gasteiger partial charge in [0.05, 0.1) is 22.1 Å². The van der Waals surface area contributed by atoms with Crippen molar-refractivity contribution < 1.29 is 0 Å². The molecule has 0 atom stereocenters. The van der Waals surface area contributed by atoms with Gasteiger partial charge in [-0.15, -0.1) is 0 Å². The molecule has 0 N–H and O–H groups in total. The number of hydrogen-bond donors (Lipinski definition) is 0. The van der Waals surface area contributed by atoms with E-state index in [1.165, 1.54) is 65.9 Å². The van der Waals surface area contributed by atoms with E-state index in [-0.39, 0.29) is 0 Å². The summed E-state index contributed by atoms with van der Waals surface area (Å²) in [5, 5.41) is 4.98. The normalized spacial score (nSPS) is 11.4. The maximum atomic E-state index is 2.37. The van der Waals surface area contributed by atoms with Gasteiger partial charge in [0.2, 0.25) is 0 Å². The quantitative estimate of drug-likeness (QED) is 0.121. The predicted molar refractivity (Wildman–Crippen MR) is 346 cm³/mol. The highest BCUT2D eigenvalue weighted by Crippen LogP contribution is 2.42. The van der Waals surface area contributed by atoms with Crippen LogP contribution in [-0.4, -0.2) is 9.13 Å². The van der Waals surface area contributed by atoms with E-state index in [4.69, 9.17) is 0 Å². The molecule has 0 spiro atoms. The Balaban J connectivity index is 0.708. The first-order valence-corrected chi connectivity index (χ1v) is 28.1. The molecular weight excluding hydrogens is 993 g/mol. The van der Waals surface area contributed by atoms with Gasteiger partial charge in [0.1, 0.15) is 0 Å². The molecule has 0 aliphatic rings. The third kappa shape index (κ3) is 8.76. The van der Waals surface area contributed by atoms with Gasteiger partial charge >= 0.3 is 0 Å². The molecule has 0 saturated carbocycles. The zero-order valence-corrected chi connectivity index (χ0v) is 45.0. The fraction of sp³-hybridized carbons (Fsp3) is 0. The van der Waals surface area contributed by atoms with Crippen molar-refractivity contribution in [3.05, 3.63) is 328 Å². The van der Waals surface area contributed by atoms with Crippen molar-refractivity contribution in [3.63, 3.8) is 0 Å². The summed E-state index contributed by atoms with van der Waals surface area (Å²) >= 11 is 0. The average Bonchev–Trinajstić information content (AvgIpc) is 4.25. The van der Waals surface area contributed by atoms with Gasteiger partial charge in [0, 0.05) is 67.0 Å². The van der Waals surface area contributed by atoms with Gasteiger partial charge in [0.25, 0.3) is 0 Å². The molecular formula is C78H54N4. The SMILES string of the molecule is c1ccc(N(c2ccc(-c3ccc4c(c3)c3ccccc3n4-c3ccccc3)cc2)c2cccc(-c3ccc(-c4cccc(N(c5ccccc5)c5ccc(-c6ccc7c(c6)c6ccccc6n7-c6ccccc6)cc5)c4)cc3)c2)cc1. The molecule has 386 valence electrons. The lowest BCUT2D eigenvalue weighted by Crippen LogP contribution is -2.09. The Hall–Kier alpha value is -10.9. The number of benzene rings is 13. The Morgan fingerprint density at radius 1 is 0.171 bits per heavy atom. The molecule has 0 aliphatic heterocycles. The Morgan fingerprint density at radius 2 is 0.451 bits per heavy atom. The van der Waals surface area contributed by atoms with Gasteiger partial charge in [-0.1, -0.05) is 194 Å². The Labute approximate surface area is 477 Å². The Morgan fingerprint density at radius 3 is 0.841 bits per heavy atom. The molecule has 15 rings (SSSR count). The van der Waals surface area contributed by atoms with Gasteiger partial charge in [-0.25, -0.2) is 0 Å². The Bertz CT molecular complexity index is 4450. The first-order valence-electron chi connectivity index (χ1n) is 28.1. The van der Waals surface area contributed by atoms with Crippen molar-refractivity contribution in [2.24, 2.45) is 0 Å². The maximum absolute atomic E-state index is 2.37. The molecule has 0 radical (unpaired) electrons. The summed E-state index contributed by atoms with van der Waals surface area (Å²) in [4.78, 5) is 4.70. The highest BCUT2D eigenvalue weighted by Gasteiger charge is 2.19. The molecule has 0 unspecified atom stereocenters. The molecule has 2 heterocycles. The van der Waals surface area contributed by atoms with Crippen molar-refractivity contribution in [1.29, 1.82) is 0 Å². The molecule has 0 amide bonds. The average molecular weight is 1050 g/mol. The monoisotopic (exact) mass is 1050 g/mol. The molecule has 2 aromatic heterocycles. The summed E-state index contributed by atoms with van der Waals surface area (Å²) in [6, 6.07) is 119. The minimum absolute atomic E-state index is 1.09. The fourth-order valence-corrected chi connectivity index (χ4v) is 12.2. The van der Waals surface area contributed by atoms with E-state index in [1.807, 2.05) is 0 Å². The van der Waals surface area contributed by atoms with Gasteiger partial charge in [-0.2, -0.15) is 0 Å². The van der Waals surface area contributed by atoms with E-state index in [1.54, 1.807) is 0 Å². The van der Waals surface area contributed by atoms with Crippen molar-refractivity contribution in [1.82, 2.24) is 9.13 Å². The highest BCUT2D eigenvalue weighted by molar-refractivity contribution is 6.11. The van der Waals surface area contributed by atoms with Crippen molar-refractivity contribution in [3.8, 4) is 55.9 Å². The molecule has 82 heavy (non-hydrogen) atoms. The zero-order chi connectivity index (χ0) is 54.3. The lowest BCUT2D eigenvalue weighted by atomic mass is 9.99. The summed E-state index contributed by atoms with van der Waals surface area (Å²) in [5.74, 6) is 0. The molecule has 4 nitrogen and oxygen atoms in total. The van der Waals surface area contributed by atoms with E-state index >= 15 is 0 Å². The van der Waals surface area contributed by atoms with Crippen LogP contribution < -0.4 is 9.80 Å². The number of aromatic nitrogens is 2. The van der Waals surface area contributed by atoms with Gasteiger partial charge < -0.3 is 18.9 Å². The van der Waals surface area contributed by atoms with Crippen LogP contribution in [0.2, 0.25) is 0 Å². The smallest absolute Gasteiger partial charge is 0.0541 e. The number of fused-ring (bicyclic) bond motifs is 6. The van der Waals surface area contributed by atoms with E-state index in [9.17, 15) is 0 Å². The third-order valence-electron chi connectivity index (χ3n) is 16.1. The molecule has 0 aliphatic carbocycles. The number of para-hydroxylation sites is 6. The van der Waals surface area contributed by atoms with Crippen LogP contribution in [0.3, 0.4) is 0 Å². The van der Waals surface area contributed by atoms with Crippen LogP contribution in [0.1, 0.15) is 0 Å². The largest absolute Gasteiger partial charge is 0.310 e. The van der Waals surface area contributed by atoms with Crippen LogP contribution in [0.15, 0.2) is 328 Å². The number of hydrogen-bond acceptors (Lipinski definition) is 2. The van der Waals surface area contributed by atoms with Crippen LogP contribution in [0, 0.1) is 0 Å². The lowest BCUT2D eigenvalue weighted by molar-refractivity contribution is 1.18. The molecule has 0 saturated heterocycles. The van der Waals surface area contributed by atoms with E-state index in [0.717, 1.165) is 67.8 Å². The number of anilines is 6. The zero-order valence-electron chi connectivity index (χ0n) is 45.0. The molecule has 13 aromatic carbocycles. The second-order valence-corrected chi connectivity index (χ2v) is 21.0. The van der Waals surface area contributed by atoms with Crippen molar-refractivity contribution >= 4 is 77.7 Å². The minimum atomic E-state index is 1.09. The first kappa shape index (κ1) is 48.2. The fourth-order valence-electron chi connectivity index (χ4n) is 12.2. The van der Waals surface area contributed by atoms with Crippen LogP contribution in [-0.2, 0) is 0 Å². The summed E-state index contributed by atoms with van der Waals surface area (Å²) in [6.45, 7) is 0. The number of nitrogens with zero attached hydrogens (tertiary/aromatic N) is 4. The van der Waals surface area contributed by atoms with Crippen molar-refractivity contribution in [2.75, 3.05) is 9.80 Å². The molecule has 0 bridgehead atoms. The van der Waals surface area contributed by atoms with E-state index in [2.05, 4.69) is 347 Å². The van der Waals surface area contributed by atoms with Crippen molar-refractivity contribution in [2.45, 2.75) is 0 Å². The third-order valence-corrected chi connectivity index (χ3v) is 16.1. The van der Waals surface area contributed by atoms with Crippen LogP contribution in [0.5, 0.6) is 0 Å². The topological polar surface area (TPSA) is 16.3 Å². The van der Waals surface area contributed by atoms with Crippen LogP contribution in [0.4, 0.5) is 34.1 Å². The second-order valence-electron chi connectivity index (χ2n) is 21.0. The summed E-state index contributed by atoms with van der Waals surface area (Å²) in [7, 11) is 0. The van der Waals surface area contributed by atoms with Gasteiger partial charge in [-0.05, 0) is 178 Å². The maximum Gasteiger partial charge on any atom is 0.0541 e. The lowest BCUT2D eigenvalue weighted by Gasteiger charge is -2.26. The molecule has 4 heteroatoms. The summed E-state index contributed by atoms with van der Waals surface area (Å²) in [5.41, 5.74) is 23.0. The minimum Gasteiger partial charge on any atom is -0.310 e. The van der Waals surface area contributed by atoms with Crippen LogP contribution >= 0.6 is 0 Å². The first-order chi connectivity index (χ1) is 40.7. The summed E-state index contributed by atoms with van der Waals surface area (Å²) < 4.78 is 4.73. The Kier molecular flexibility index (Phi) is 12.2. The number of rotatable bonds is 12. The van der Waals surface area contributed by atoms with Gasteiger partial charge in [-0.3, -0.25) is 0 Å². The highest BCUT2D eigenvalue weighted by atomic mass is 15.1. The van der Waals surface area contributed by atoms with Crippen LogP contribution in [0.25, 0.3) is 99.5 Å². The summed E-state index contributed by atoms with van der Waals surface area (Å²) in [6.07, 6.45) is 0.